The molecule has 0 unspecified atom stereocenters. The molecule has 1 N–H and O–H groups in total. The van der Waals surface area contributed by atoms with Crippen molar-refractivity contribution in [1.82, 2.24) is 20.1 Å². The lowest BCUT2D eigenvalue weighted by molar-refractivity contribution is 0.0936. The SMILES string of the molecule is O=C(NCCOc1ccccc1F)c1nc(-c2cccs2)n(-c2ccc(F)cc2)n1. The highest BCUT2D eigenvalue weighted by molar-refractivity contribution is 7.13. The van der Waals surface area contributed by atoms with Crippen LogP contribution in [0.3, 0.4) is 0 Å². The maximum atomic E-state index is 13.6. The van der Waals surface area contributed by atoms with E-state index in [4.69, 9.17) is 4.74 Å². The van der Waals surface area contributed by atoms with E-state index in [1.807, 2.05) is 17.5 Å². The molecule has 0 saturated carbocycles. The standard InChI is InChI=1S/C21H16F2N4O2S/c22-14-7-9-15(10-8-14)27-20(18-6-3-13-30-18)25-19(26-27)21(28)24-11-12-29-17-5-2-1-4-16(17)23/h1-10,13H,11-12H2,(H,24,28). The van der Waals surface area contributed by atoms with Crippen molar-refractivity contribution in [3.05, 3.63) is 83.5 Å². The van der Waals surface area contributed by atoms with Crippen molar-refractivity contribution in [2.75, 3.05) is 13.2 Å². The molecule has 0 bridgehead atoms. The van der Waals surface area contributed by atoms with Gasteiger partial charge in [-0.15, -0.1) is 16.4 Å². The summed E-state index contributed by atoms with van der Waals surface area (Å²) in [4.78, 5) is 17.7. The maximum absolute atomic E-state index is 13.6. The van der Waals surface area contributed by atoms with Gasteiger partial charge in [-0.1, -0.05) is 18.2 Å². The average Bonchev–Trinajstić information content (AvgIpc) is 3.43. The first-order valence-electron chi connectivity index (χ1n) is 9.04. The van der Waals surface area contributed by atoms with Gasteiger partial charge in [0, 0.05) is 0 Å². The molecule has 0 radical (unpaired) electrons. The molecule has 9 heteroatoms. The number of carbonyl (C=O) groups is 1. The number of benzene rings is 2. The van der Waals surface area contributed by atoms with Gasteiger partial charge in [0.2, 0.25) is 5.82 Å². The van der Waals surface area contributed by atoms with Gasteiger partial charge in [0.1, 0.15) is 12.4 Å². The Balaban J connectivity index is 1.48. The summed E-state index contributed by atoms with van der Waals surface area (Å²) in [6.07, 6.45) is 0. The number of nitrogens with one attached hydrogen (secondary N) is 1. The lowest BCUT2D eigenvalue weighted by Crippen LogP contribution is -2.29. The van der Waals surface area contributed by atoms with Gasteiger partial charge in [0.05, 0.1) is 17.1 Å². The molecule has 4 aromatic rings. The highest BCUT2D eigenvalue weighted by Gasteiger charge is 2.19. The number of nitrogens with zero attached hydrogens (tertiary/aromatic N) is 3. The third-order valence-corrected chi connectivity index (χ3v) is 4.97. The van der Waals surface area contributed by atoms with Crippen LogP contribution in [0, 0.1) is 11.6 Å². The highest BCUT2D eigenvalue weighted by Crippen LogP contribution is 2.25. The number of para-hydroxylation sites is 1. The van der Waals surface area contributed by atoms with E-state index in [0.717, 1.165) is 4.88 Å². The van der Waals surface area contributed by atoms with E-state index in [1.165, 1.54) is 40.3 Å². The first-order chi connectivity index (χ1) is 14.6. The number of carbonyl (C=O) groups excluding carboxylic acids is 1. The third-order valence-electron chi connectivity index (χ3n) is 4.10. The first kappa shape index (κ1) is 19.7. The van der Waals surface area contributed by atoms with Gasteiger partial charge in [0.25, 0.3) is 5.91 Å². The van der Waals surface area contributed by atoms with Crippen LogP contribution in [0.15, 0.2) is 66.0 Å². The molecule has 1 amide bonds. The van der Waals surface area contributed by atoms with Crippen LogP contribution in [0.5, 0.6) is 5.75 Å². The molecule has 0 saturated heterocycles. The van der Waals surface area contributed by atoms with Gasteiger partial charge in [-0.05, 0) is 47.8 Å². The number of rotatable bonds is 7. The van der Waals surface area contributed by atoms with Gasteiger partial charge in [0.15, 0.2) is 17.4 Å². The Labute approximate surface area is 174 Å². The van der Waals surface area contributed by atoms with Crippen molar-refractivity contribution in [2.24, 2.45) is 0 Å². The molecule has 0 atom stereocenters. The number of aromatic nitrogens is 3. The zero-order chi connectivity index (χ0) is 20.9. The van der Waals surface area contributed by atoms with Crippen LogP contribution in [0.4, 0.5) is 8.78 Å². The number of thiophene rings is 1. The molecule has 0 aliphatic heterocycles. The quantitative estimate of drug-likeness (QED) is 0.452. The second kappa shape index (κ2) is 8.83. The van der Waals surface area contributed by atoms with Crippen LogP contribution >= 0.6 is 11.3 Å². The van der Waals surface area contributed by atoms with Gasteiger partial charge >= 0.3 is 0 Å². The van der Waals surface area contributed by atoms with E-state index in [2.05, 4.69) is 15.4 Å². The second-order valence-corrected chi connectivity index (χ2v) is 7.11. The fraction of sp³-hybridized carbons (Fsp3) is 0.0952. The molecule has 0 aliphatic rings. The Morgan fingerprint density at radius 1 is 1.07 bits per heavy atom. The molecular weight excluding hydrogens is 410 g/mol. The van der Waals surface area contributed by atoms with Crippen molar-refractivity contribution < 1.29 is 18.3 Å². The summed E-state index contributed by atoms with van der Waals surface area (Å²) in [7, 11) is 0. The molecule has 4 rings (SSSR count). The molecule has 0 spiro atoms. The summed E-state index contributed by atoms with van der Waals surface area (Å²) < 4.78 is 33.7. The Kier molecular flexibility index (Phi) is 5.80. The molecule has 0 aliphatic carbocycles. The average molecular weight is 426 g/mol. The van der Waals surface area contributed by atoms with Gasteiger partial charge in [-0.3, -0.25) is 4.79 Å². The van der Waals surface area contributed by atoms with E-state index >= 15 is 0 Å². The lowest BCUT2D eigenvalue weighted by Gasteiger charge is -2.07. The van der Waals surface area contributed by atoms with Gasteiger partial charge in [-0.25, -0.2) is 18.4 Å². The largest absolute Gasteiger partial charge is 0.489 e. The predicted octanol–water partition coefficient (Wildman–Crippen LogP) is 4.08. The molecule has 6 nitrogen and oxygen atoms in total. The number of ether oxygens (including phenoxy) is 1. The number of hydrogen-bond acceptors (Lipinski definition) is 5. The van der Waals surface area contributed by atoms with Crippen LogP contribution in [0.25, 0.3) is 16.4 Å². The van der Waals surface area contributed by atoms with Crippen molar-refractivity contribution in [3.8, 4) is 22.1 Å². The minimum Gasteiger partial charge on any atom is -0.489 e. The monoisotopic (exact) mass is 426 g/mol. The van der Waals surface area contributed by atoms with E-state index in [1.54, 1.807) is 24.3 Å². The first-order valence-corrected chi connectivity index (χ1v) is 9.92. The van der Waals surface area contributed by atoms with Crippen molar-refractivity contribution in [3.63, 3.8) is 0 Å². The topological polar surface area (TPSA) is 69.0 Å². The minimum absolute atomic E-state index is 0.0337. The van der Waals surface area contributed by atoms with Crippen LogP contribution < -0.4 is 10.1 Å². The van der Waals surface area contributed by atoms with E-state index in [0.29, 0.717) is 11.5 Å². The van der Waals surface area contributed by atoms with E-state index in [9.17, 15) is 13.6 Å². The van der Waals surface area contributed by atoms with Gasteiger partial charge < -0.3 is 10.1 Å². The second-order valence-electron chi connectivity index (χ2n) is 6.16. The Morgan fingerprint density at radius 2 is 1.87 bits per heavy atom. The molecule has 2 aromatic heterocycles. The Bertz CT molecular complexity index is 1140. The zero-order valence-corrected chi connectivity index (χ0v) is 16.4. The van der Waals surface area contributed by atoms with Crippen LogP contribution in [-0.2, 0) is 0 Å². The van der Waals surface area contributed by atoms with Crippen molar-refractivity contribution >= 4 is 17.2 Å². The highest BCUT2D eigenvalue weighted by atomic mass is 32.1. The number of halogens is 2. The van der Waals surface area contributed by atoms with Crippen LogP contribution in [-0.4, -0.2) is 33.8 Å². The number of amides is 1. The summed E-state index contributed by atoms with van der Waals surface area (Å²) in [5.41, 5.74) is 0.578. The summed E-state index contributed by atoms with van der Waals surface area (Å²) in [6, 6.07) is 15.5. The van der Waals surface area contributed by atoms with Crippen LogP contribution in [0.1, 0.15) is 10.6 Å². The fourth-order valence-electron chi connectivity index (χ4n) is 2.70. The molecule has 152 valence electrons. The van der Waals surface area contributed by atoms with E-state index < -0.39 is 11.7 Å². The van der Waals surface area contributed by atoms with Gasteiger partial charge in [-0.2, -0.15) is 0 Å². The maximum Gasteiger partial charge on any atom is 0.291 e. The molecule has 30 heavy (non-hydrogen) atoms. The summed E-state index contributed by atoms with van der Waals surface area (Å²) in [5, 5.41) is 8.84. The zero-order valence-electron chi connectivity index (χ0n) is 15.6. The molecule has 2 aromatic carbocycles. The van der Waals surface area contributed by atoms with Crippen molar-refractivity contribution in [2.45, 2.75) is 0 Å². The Morgan fingerprint density at radius 3 is 2.60 bits per heavy atom. The molecule has 0 fully saturated rings. The molecular formula is C21H16F2N4O2S. The summed E-state index contributed by atoms with van der Waals surface area (Å²) in [5.74, 6) is -0.775. The minimum atomic E-state index is -0.495. The smallest absolute Gasteiger partial charge is 0.291 e. The number of hydrogen-bond donors (Lipinski definition) is 1. The van der Waals surface area contributed by atoms with E-state index in [-0.39, 0.29) is 30.5 Å². The van der Waals surface area contributed by atoms with Crippen LogP contribution in [0.2, 0.25) is 0 Å². The fourth-order valence-corrected chi connectivity index (χ4v) is 3.40. The predicted molar refractivity (Wildman–Crippen MR) is 109 cm³/mol. The Hall–Kier alpha value is -3.59. The normalized spacial score (nSPS) is 10.7. The molecule has 2 heterocycles. The van der Waals surface area contributed by atoms with Crippen molar-refractivity contribution in [1.29, 1.82) is 0 Å². The third kappa shape index (κ3) is 4.36. The lowest BCUT2D eigenvalue weighted by atomic mass is 10.3. The summed E-state index contributed by atoms with van der Waals surface area (Å²) in [6.45, 7) is 0.232. The summed E-state index contributed by atoms with van der Waals surface area (Å²) >= 11 is 1.45.